The molecule has 2 atom stereocenters. The number of benzene rings is 2. The number of carbonyl (C=O) groups is 1. The SMILES string of the molecule is CCN[C@H](CC(=O)N1CC=C(c2nc(N)c3cc(OC)c(OC)c(F)c3n2)[C@@H](c2ccccn2)C1)c1ccc(C#N)cc1. The van der Waals surface area contributed by atoms with Crippen molar-refractivity contribution in [3.05, 3.63) is 89.3 Å². The Labute approximate surface area is 249 Å². The van der Waals surface area contributed by atoms with Crippen LogP contribution < -0.4 is 20.5 Å². The van der Waals surface area contributed by atoms with E-state index in [2.05, 4.69) is 26.3 Å². The van der Waals surface area contributed by atoms with Gasteiger partial charge in [0.2, 0.25) is 5.91 Å². The van der Waals surface area contributed by atoms with Crippen molar-refractivity contribution in [1.29, 1.82) is 5.26 Å². The second-order valence-electron chi connectivity index (χ2n) is 10.1. The van der Waals surface area contributed by atoms with E-state index in [4.69, 9.17) is 20.5 Å². The summed E-state index contributed by atoms with van der Waals surface area (Å²) in [6.07, 6.45) is 3.79. The van der Waals surface area contributed by atoms with Gasteiger partial charge in [0.15, 0.2) is 23.1 Å². The van der Waals surface area contributed by atoms with Gasteiger partial charge in [0, 0.05) is 54.3 Å². The van der Waals surface area contributed by atoms with Crippen LogP contribution in [0.5, 0.6) is 11.5 Å². The van der Waals surface area contributed by atoms with Gasteiger partial charge in [-0.15, -0.1) is 0 Å². The maximum absolute atomic E-state index is 15.5. The molecule has 1 aliphatic rings. The van der Waals surface area contributed by atoms with Gasteiger partial charge in [-0.05, 0) is 42.4 Å². The predicted molar refractivity (Wildman–Crippen MR) is 161 cm³/mol. The molecule has 5 rings (SSSR count). The number of anilines is 1. The Morgan fingerprint density at radius 3 is 2.65 bits per heavy atom. The lowest BCUT2D eigenvalue weighted by molar-refractivity contribution is -0.131. The van der Waals surface area contributed by atoms with Gasteiger partial charge < -0.3 is 25.4 Å². The Morgan fingerprint density at radius 2 is 2.00 bits per heavy atom. The van der Waals surface area contributed by atoms with E-state index in [1.165, 1.54) is 14.2 Å². The quantitative estimate of drug-likeness (QED) is 0.295. The maximum atomic E-state index is 15.5. The molecule has 43 heavy (non-hydrogen) atoms. The van der Waals surface area contributed by atoms with Crippen molar-refractivity contribution in [3.8, 4) is 17.6 Å². The predicted octanol–water partition coefficient (Wildman–Crippen LogP) is 4.39. The van der Waals surface area contributed by atoms with Crippen LogP contribution in [-0.4, -0.2) is 59.6 Å². The molecule has 11 heteroatoms. The van der Waals surface area contributed by atoms with Crippen molar-refractivity contribution in [2.75, 3.05) is 39.6 Å². The number of nitriles is 1. The van der Waals surface area contributed by atoms with Crippen LogP contribution in [0.25, 0.3) is 16.5 Å². The van der Waals surface area contributed by atoms with Crippen LogP contribution in [0.2, 0.25) is 0 Å². The molecule has 0 unspecified atom stereocenters. The standard InChI is InChI=1S/C32H32FN7O3/c1-4-36-25(20-10-8-19(17-34)9-11-20)16-27(41)40-14-12-21(23(18-40)24-7-5-6-13-37-24)32-38-29-22(31(35)39-32)15-26(42-2)30(43-3)28(29)33/h5-13,15,23,25,36H,4,14,16,18H2,1-3H3,(H2,35,38,39)/t23-,25+/m0/s1. The first-order valence-electron chi connectivity index (χ1n) is 13.9. The van der Waals surface area contributed by atoms with Crippen LogP contribution in [0.1, 0.15) is 47.9 Å². The number of methoxy groups -OCH3 is 2. The van der Waals surface area contributed by atoms with E-state index < -0.39 is 5.82 Å². The van der Waals surface area contributed by atoms with Crippen LogP contribution in [0.4, 0.5) is 10.2 Å². The Kier molecular flexibility index (Phi) is 8.78. The molecule has 2 aromatic carbocycles. The van der Waals surface area contributed by atoms with Crippen molar-refractivity contribution >= 4 is 28.2 Å². The van der Waals surface area contributed by atoms with Crippen molar-refractivity contribution in [1.82, 2.24) is 25.2 Å². The fourth-order valence-corrected chi connectivity index (χ4v) is 5.36. The minimum atomic E-state index is -0.702. The molecule has 3 N–H and O–H groups in total. The molecule has 0 radical (unpaired) electrons. The zero-order valence-corrected chi connectivity index (χ0v) is 24.2. The highest BCUT2D eigenvalue weighted by molar-refractivity contribution is 5.93. The van der Waals surface area contributed by atoms with E-state index >= 15 is 4.39 Å². The van der Waals surface area contributed by atoms with Crippen LogP contribution >= 0.6 is 0 Å². The highest BCUT2D eigenvalue weighted by Crippen LogP contribution is 2.39. The largest absolute Gasteiger partial charge is 0.493 e. The number of ether oxygens (including phenoxy) is 2. The smallest absolute Gasteiger partial charge is 0.224 e. The lowest BCUT2D eigenvalue weighted by Crippen LogP contribution is -2.40. The first-order valence-corrected chi connectivity index (χ1v) is 13.9. The summed E-state index contributed by atoms with van der Waals surface area (Å²) in [6, 6.07) is 16.3. The van der Waals surface area contributed by atoms with Crippen molar-refractivity contribution in [2.24, 2.45) is 0 Å². The molecule has 2 aromatic heterocycles. The third kappa shape index (κ3) is 5.96. The zero-order chi connectivity index (χ0) is 30.5. The van der Waals surface area contributed by atoms with Crippen molar-refractivity contribution < 1.29 is 18.7 Å². The number of hydrogen-bond acceptors (Lipinski definition) is 9. The summed E-state index contributed by atoms with van der Waals surface area (Å²) in [5.74, 6) is -0.680. The fraction of sp³-hybridized carbons (Fsp3) is 0.281. The van der Waals surface area contributed by atoms with Crippen molar-refractivity contribution in [2.45, 2.75) is 25.3 Å². The second-order valence-corrected chi connectivity index (χ2v) is 10.1. The highest BCUT2D eigenvalue weighted by atomic mass is 19.1. The highest BCUT2D eigenvalue weighted by Gasteiger charge is 2.32. The summed E-state index contributed by atoms with van der Waals surface area (Å²) >= 11 is 0. The van der Waals surface area contributed by atoms with Gasteiger partial charge in [-0.3, -0.25) is 9.78 Å². The summed E-state index contributed by atoms with van der Waals surface area (Å²) in [4.78, 5) is 29.1. The second kappa shape index (κ2) is 12.8. The number of hydrogen-bond donors (Lipinski definition) is 2. The number of amides is 1. The fourth-order valence-electron chi connectivity index (χ4n) is 5.36. The minimum absolute atomic E-state index is 0.00947. The molecule has 1 amide bonds. The molecule has 220 valence electrons. The monoisotopic (exact) mass is 581 g/mol. The van der Waals surface area contributed by atoms with E-state index in [1.54, 1.807) is 29.3 Å². The normalized spacial score (nSPS) is 15.5. The zero-order valence-electron chi connectivity index (χ0n) is 24.2. The van der Waals surface area contributed by atoms with E-state index in [0.29, 0.717) is 36.2 Å². The summed E-state index contributed by atoms with van der Waals surface area (Å²) in [5, 5.41) is 12.8. The van der Waals surface area contributed by atoms with Crippen LogP contribution in [0.15, 0.2) is 60.8 Å². The first kappa shape index (κ1) is 29.4. The number of carbonyl (C=O) groups excluding carboxylic acids is 1. The third-order valence-electron chi connectivity index (χ3n) is 7.54. The molecule has 0 bridgehead atoms. The molecule has 3 heterocycles. The van der Waals surface area contributed by atoms with Gasteiger partial charge in [0.1, 0.15) is 11.3 Å². The van der Waals surface area contributed by atoms with Gasteiger partial charge in [-0.1, -0.05) is 31.2 Å². The van der Waals surface area contributed by atoms with Crippen LogP contribution in [0, 0.1) is 17.1 Å². The summed E-state index contributed by atoms with van der Waals surface area (Å²) in [5.41, 5.74) is 9.23. The number of rotatable bonds is 9. The number of aromatic nitrogens is 3. The molecule has 0 aliphatic carbocycles. The lowest BCUT2D eigenvalue weighted by Gasteiger charge is -2.33. The maximum Gasteiger partial charge on any atom is 0.224 e. The average molecular weight is 582 g/mol. The summed E-state index contributed by atoms with van der Waals surface area (Å²) < 4.78 is 26.0. The van der Waals surface area contributed by atoms with Crippen molar-refractivity contribution in [3.63, 3.8) is 0 Å². The van der Waals surface area contributed by atoms with Gasteiger partial charge in [0.05, 0.1) is 25.9 Å². The lowest BCUT2D eigenvalue weighted by atomic mass is 9.89. The molecule has 0 saturated carbocycles. The number of nitrogens with zero attached hydrogens (tertiary/aromatic N) is 5. The number of halogens is 1. The van der Waals surface area contributed by atoms with Gasteiger partial charge in [-0.2, -0.15) is 5.26 Å². The number of nitrogens with two attached hydrogens (primary N) is 1. The summed E-state index contributed by atoms with van der Waals surface area (Å²) in [6.45, 7) is 3.29. The number of nitrogen functional groups attached to an aromatic ring is 1. The molecular formula is C32H32FN7O3. The van der Waals surface area contributed by atoms with E-state index in [9.17, 15) is 4.79 Å². The van der Waals surface area contributed by atoms with Gasteiger partial charge in [0.25, 0.3) is 0 Å². The molecule has 4 aromatic rings. The molecule has 1 aliphatic heterocycles. The molecule has 10 nitrogen and oxygen atoms in total. The Bertz CT molecular complexity index is 1700. The average Bonchev–Trinajstić information content (AvgIpc) is 3.04. The Morgan fingerprint density at radius 1 is 1.21 bits per heavy atom. The molecule has 0 spiro atoms. The Balaban J connectivity index is 1.50. The van der Waals surface area contributed by atoms with Crippen LogP contribution in [-0.2, 0) is 4.79 Å². The minimum Gasteiger partial charge on any atom is -0.493 e. The van der Waals surface area contributed by atoms with E-state index in [0.717, 1.165) is 11.3 Å². The number of nitrogens with one attached hydrogen (secondary N) is 1. The van der Waals surface area contributed by atoms with Gasteiger partial charge in [-0.25, -0.2) is 14.4 Å². The van der Waals surface area contributed by atoms with Gasteiger partial charge >= 0.3 is 0 Å². The molecular weight excluding hydrogens is 549 g/mol. The number of pyridine rings is 1. The van der Waals surface area contributed by atoms with Crippen LogP contribution in [0.3, 0.4) is 0 Å². The summed E-state index contributed by atoms with van der Waals surface area (Å²) in [7, 11) is 2.77. The van der Waals surface area contributed by atoms with E-state index in [-0.39, 0.29) is 52.9 Å². The Hall–Kier alpha value is -5.08. The number of fused-ring (bicyclic) bond motifs is 1. The first-order chi connectivity index (χ1) is 20.9. The molecule has 0 saturated heterocycles. The van der Waals surface area contributed by atoms with E-state index in [1.807, 2.05) is 43.3 Å². The third-order valence-corrected chi connectivity index (χ3v) is 7.54. The molecule has 0 fully saturated rings. The topological polar surface area (TPSA) is 139 Å².